The molecule has 0 spiro atoms. The number of nitrogens with zero attached hydrogens (tertiary/aromatic N) is 11. The van der Waals surface area contributed by atoms with E-state index in [1.54, 1.807) is 0 Å². The van der Waals surface area contributed by atoms with Gasteiger partial charge in [0.25, 0.3) is 0 Å². The molecule has 0 radical (unpaired) electrons. The van der Waals surface area contributed by atoms with E-state index in [0.29, 0.717) is 0 Å². The highest BCUT2D eigenvalue weighted by molar-refractivity contribution is 7.85. The van der Waals surface area contributed by atoms with Crippen molar-refractivity contribution in [1.82, 2.24) is 50.7 Å². The summed E-state index contributed by atoms with van der Waals surface area (Å²) in [5.74, 6) is 0.935. The summed E-state index contributed by atoms with van der Waals surface area (Å²) in [5.41, 5.74) is 25.1. The first-order chi connectivity index (χ1) is 64.2. The van der Waals surface area contributed by atoms with Gasteiger partial charge < -0.3 is 9.13 Å². The third kappa shape index (κ3) is 14.2. The molecule has 0 saturated carbocycles. The molecule has 0 aliphatic rings. The third-order valence-corrected chi connectivity index (χ3v) is 32.2. The summed E-state index contributed by atoms with van der Waals surface area (Å²) in [7, 11) is -6.02. The van der Waals surface area contributed by atoms with Gasteiger partial charge in [0, 0.05) is 108 Å². The molecule has 25 rings (SSSR count). The van der Waals surface area contributed by atoms with Crippen molar-refractivity contribution < 1.29 is 9.13 Å². The maximum Gasteiger partial charge on any atom is 0.171 e. The maximum atomic E-state index is 14.7. The summed E-state index contributed by atoms with van der Waals surface area (Å²) in [6, 6.07) is 146. The predicted molar refractivity (Wildman–Crippen MR) is 542 cm³/mol. The molecule has 18 aromatic carbocycles. The molecule has 25 aromatic rings. The van der Waals surface area contributed by atoms with Crippen LogP contribution in [0, 0.1) is 0 Å². The molecule has 0 bridgehead atoms. The summed E-state index contributed by atoms with van der Waals surface area (Å²) in [6.45, 7) is 0. The average molecular weight is 1760 g/mol. The molecule has 0 aliphatic heterocycles. The fraction of sp³-hybridized carbons (Fsp3) is 0. The van der Waals surface area contributed by atoms with Gasteiger partial charge in [0.05, 0.1) is 79.8 Å². The zero-order chi connectivity index (χ0) is 86.6. The number of aromatic nitrogens is 11. The minimum atomic E-state index is -3.01. The Morgan fingerprint density at radius 2 is 0.454 bits per heavy atom. The van der Waals surface area contributed by atoms with Gasteiger partial charge in [-0.2, -0.15) is 26.2 Å². The monoisotopic (exact) mass is 1760 g/mol. The van der Waals surface area contributed by atoms with E-state index in [1.807, 2.05) is 206 Å². The van der Waals surface area contributed by atoms with Gasteiger partial charge in [0.15, 0.2) is 14.3 Å². The molecule has 7 aromatic heterocycles. The first-order valence-corrected chi connectivity index (χ1v) is 48.2. The van der Waals surface area contributed by atoms with Gasteiger partial charge in [-0.25, -0.2) is 19.9 Å². The Morgan fingerprint density at radius 1 is 0.192 bits per heavy atom. The van der Waals surface area contributed by atoms with Crippen LogP contribution in [-0.4, -0.2) is 50.7 Å². The van der Waals surface area contributed by atoms with Crippen molar-refractivity contribution in [3.63, 3.8) is 0 Å². The summed E-state index contributed by atoms with van der Waals surface area (Å²) < 4.78 is 59.0. The van der Waals surface area contributed by atoms with Crippen LogP contribution in [0.25, 0.3) is 193 Å². The van der Waals surface area contributed by atoms with Crippen LogP contribution in [0.2, 0.25) is 0 Å². The molecule has 0 atom stereocenters. The quantitative estimate of drug-likeness (QED) is 0.0747. The van der Waals surface area contributed by atoms with Crippen LogP contribution in [0.4, 0.5) is 0 Å². The molecule has 0 amide bonds. The lowest BCUT2D eigenvalue weighted by atomic mass is 9.97. The summed E-state index contributed by atoms with van der Waals surface area (Å²) in [4.78, 5) is 20.3. The lowest BCUT2D eigenvalue weighted by Gasteiger charge is -2.20. The molecule has 0 saturated heterocycles. The third-order valence-electron chi connectivity index (χ3n) is 24.4. The van der Waals surface area contributed by atoms with Crippen molar-refractivity contribution in [2.75, 3.05) is 0 Å². The zero-order valence-corrected chi connectivity index (χ0v) is 73.6. The van der Waals surface area contributed by atoms with Crippen LogP contribution in [0.5, 0.6) is 0 Å². The van der Waals surface area contributed by atoms with E-state index in [0.717, 1.165) is 225 Å². The Kier molecular flexibility index (Phi) is 20.4. The van der Waals surface area contributed by atoms with Crippen molar-refractivity contribution in [2.45, 2.75) is 0 Å². The second-order valence-electron chi connectivity index (χ2n) is 31.9. The van der Waals surface area contributed by atoms with Gasteiger partial charge in [-0.1, -0.05) is 352 Å². The van der Waals surface area contributed by atoms with Crippen LogP contribution in [0.1, 0.15) is 0 Å². The molecule has 130 heavy (non-hydrogen) atoms. The van der Waals surface area contributed by atoms with Crippen molar-refractivity contribution in [2.24, 2.45) is 0 Å². The zero-order valence-electron chi connectivity index (χ0n) is 69.3. The SMILES string of the molecule is O=P(c1ccccc1)(c1ccccc1)c1ccc(-c2ccc(-c3nc4ccccc4c4c3ccc3nsnc34)cc2)cc1.O=P(c1ccccc1)(c1ccccc1)c1ccc(-c2ccc(-c3nc4ccccc4c4c3ccc3nsnc34)cc2)cc1.c1ccc(-c2nc3ccccc3n2-c2ccc(-c3ccc(-c4nc5ccccc5c5c4ccc4nsnc45)cc3)cc2)cc1. The Hall–Kier alpha value is -15.6. The number of pyridine rings is 3. The van der Waals surface area contributed by atoms with Crippen molar-refractivity contribution >= 4 is 190 Å². The van der Waals surface area contributed by atoms with Crippen LogP contribution >= 0.6 is 49.5 Å². The normalized spacial score (nSPS) is 11.8. The second kappa shape index (κ2) is 33.6. The number of rotatable bonds is 14. The minimum Gasteiger partial charge on any atom is -0.309 e. The van der Waals surface area contributed by atoms with Gasteiger partial charge in [-0.05, 0) is 112 Å². The van der Waals surface area contributed by atoms with Crippen LogP contribution in [-0.2, 0) is 9.13 Å². The number of hydrogen-bond donors (Lipinski definition) is 0. The smallest absolute Gasteiger partial charge is 0.171 e. The molecule has 614 valence electrons. The van der Waals surface area contributed by atoms with E-state index in [9.17, 15) is 9.13 Å². The Labute approximate surface area is 759 Å². The first-order valence-electron chi connectivity index (χ1n) is 42.6. The van der Waals surface area contributed by atoms with Crippen LogP contribution in [0.3, 0.4) is 0 Å². The van der Waals surface area contributed by atoms with E-state index in [-0.39, 0.29) is 0 Å². The molecule has 0 aliphatic carbocycles. The molecular weight excluding hydrogens is 1690 g/mol. The highest BCUT2D eigenvalue weighted by atomic mass is 32.1. The van der Waals surface area contributed by atoms with E-state index < -0.39 is 14.3 Å². The molecule has 7 heterocycles. The van der Waals surface area contributed by atoms with Gasteiger partial charge in [0.1, 0.15) is 38.9 Å². The van der Waals surface area contributed by atoms with Gasteiger partial charge in [0.2, 0.25) is 0 Å². The highest BCUT2D eigenvalue weighted by Gasteiger charge is 2.32. The number of imidazole rings is 1. The summed E-state index contributed by atoms with van der Waals surface area (Å²) >= 11 is 3.73. The Balaban J connectivity index is 0.000000111. The van der Waals surface area contributed by atoms with Crippen LogP contribution < -0.4 is 31.8 Å². The first kappa shape index (κ1) is 79.0. The summed E-state index contributed by atoms with van der Waals surface area (Å²) in [6.07, 6.45) is 0. The number of benzene rings is 18. The average Bonchev–Trinajstić information content (AvgIpc) is 1.38. The predicted octanol–water partition coefficient (Wildman–Crippen LogP) is 26.5. The molecular formula is C112H71N11O2P2S3. The minimum absolute atomic E-state index is 0.819. The van der Waals surface area contributed by atoms with Gasteiger partial charge in [-0.3, -0.25) is 4.57 Å². The van der Waals surface area contributed by atoms with E-state index >= 15 is 0 Å². The number of fused-ring (bicyclic) bond motifs is 16. The van der Waals surface area contributed by atoms with Gasteiger partial charge in [-0.15, -0.1) is 0 Å². The molecule has 13 nitrogen and oxygen atoms in total. The fourth-order valence-corrected chi connectivity index (χ4v) is 24.9. The molecule has 0 unspecified atom stereocenters. The highest BCUT2D eigenvalue weighted by Crippen LogP contribution is 2.47. The lowest BCUT2D eigenvalue weighted by molar-refractivity contribution is 0.591. The van der Waals surface area contributed by atoms with E-state index in [4.69, 9.17) is 19.9 Å². The lowest BCUT2D eigenvalue weighted by Crippen LogP contribution is -2.24. The van der Waals surface area contributed by atoms with Gasteiger partial charge >= 0.3 is 0 Å². The van der Waals surface area contributed by atoms with E-state index in [2.05, 4.69) is 255 Å². The number of para-hydroxylation sites is 5. The Morgan fingerprint density at radius 3 is 0.785 bits per heavy atom. The van der Waals surface area contributed by atoms with Crippen molar-refractivity contribution in [3.05, 3.63) is 431 Å². The largest absolute Gasteiger partial charge is 0.309 e. The van der Waals surface area contributed by atoms with E-state index in [1.165, 1.54) is 35.2 Å². The maximum absolute atomic E-state index is 14.7. The second-order valence-corrected chi connectivity index (χ2v) is 39.0. The van der Waals surface area contributed by atoms with Crippen molar-refractivity contribution in [3.8, 4) is 84.2 Å². The van der Waals surface area contributed by atoms with Crippen LogP contribution in [0.15, 0.2) is 431 Å². The molecule has 0 fully saturated rings. The van der Waals surface area contributed by atoms with Crippen molar-refractivity contribution in [1.29, 1.82) is 0 Å². The molecule has 0 N–H and O–H groups in total. The molecule has 18 heteroatoms. The Bertz CT molecular complexity index is 8280. The number of hydrogen-bond acceptors (Lipinski definition) is 15. The standard InChI is InChI=1S/C38H23N5S.2C37H24N3OPS/c1-2-8-27(9-3-1)38-40-32-12-6-7-13-34(32)43(38)28-20-18-25(19-21-28)24-14-16-26(17-15-24)36-30-22-23-33-37(42-44-41-33)35(30)29-10-4-5-11-31(29)39-36;2*41-42(28-9-3-1-4-10-28,29-11-5-2-6-12-29)30-21-19-26(20-22-30)25-15-17-27(18-16-25)36-32-23-24-34-37(40-43-39-34)35(32)31-13-7-8-14-33(31)38-36/h1-23H;2*1-24H. The topological polar surface area (TPSA) is 168 Å². The summed E-state index contributed by atoms with van der Waals surface area (Å²) in [5, 5.41) is 14.7. The fourth-order valence-electron chi connectivity index (χ4n) is 18.0.